The summed E-state index contributed by atoms with van der Waals surface area (Å²) in [5.41, 5.74) is 3.68. The first kappa shape index (κ1) is 15.8. The van der Waals surface area contributed by atoms with Gasteiger partial charge < -0.3 is 4.98 Å². The Morgan fingerprint density at radius 3 is 2.52 bits per heavy atom. The highest BCUT2D eigenvalue weighted by Gasteiger charge is 2.23. The Morgan fingerprint density at radius 1 is 0.852 bits per heavy atom. The predicted molar refractivity (Wildman–Crippen MR) is 108 cm³/mol. The highest BCUT2D eigenvalue weighted by atomic mass is 31.1. The van der Waals surface area contributed by atoms with Crippen LogP contribution >= 0.6 is 8.03 Å². The average Bonchev–Trinajstić information content (AvgIpc) is 3.32. The first-order valence-corrected chi connectivity index (χ1v) is 9.72. The number of benzene rings is 3. The minimum atomic E-state index is -1.96. The molecule has 5 rings (SSSR count). The van der Waals surface area contributed by atoms with Gasteiger partial charge in [-0.05, 0) is 47.0 Å². The van der Waals surface area contributed by atoms with Crippen molar-refractivity contribution in [3.8, 4) is 17.1 Å². The van der Waals surface area contributed by atoms with Gasteiger partial charge in [-0.25, -0.2) is 0 Å². The van der Waals surface area contributed by atoms with Crippen molar-refractivity contribution in [2.45, 2.75) is 0 Å². The van der Waals surface area contributed by atoms with Gasteiger partial charge in [0.05, 0.1) is 11.2 Å². The lowest BCUT2D eigenvalue weighted by molar-refractivity contribution is 0.515. The first-order valence-electron chi connectivity index (χ1n) is 8.54. The number of aromatic nitrogens is 3. The summed E-state index contributed by atoms with van der Waals surface area (Å²) in [6, 6.07) is 24.9. The summed E-state index contributed by atoms with van der Waals surface area (Å²) >= 11 is 0. The zero-order chi connectivity index (χ0) is 18.2. The van der Waals surface area contributed by atoms with Crippen molar-refractivity contribution in [2.75, 3.05) is 0 Å². The number of fused-ring (bicyclic) bond motifs is 2. The molecular formula is C21H15N3O2P+. The molecule has 0 amide bonds. The molecule has 0 fully saturated rings. The lowest BCUT2D eigenvalue weighted by Crippen LogP contribution is -1.98. The zero-order valence-electron chi connectivity index (χ0n) is 14.2. The van der Waals surface area contributed by atoms with Gasteiger partial charge in [-0.3, -0.25) is 9.62 Å². The molecule has 1 unspecified atom stereocenters. The monoisotopic (exact) mass is 372 g/mol. The third-order valence-corrected chi connectivity index (χ3v) is 5.57. The van der Waals surface area contributed by atoms with Crippen LogP contribution in [0.3, 0.4) is 0 Å². The van der Waals surface area contributed by atoms with Crippen molar-refractivity contribution >= 4 is 35.1 Å². The Kier molecular flexibility index (Phi) is 3.73. The fourth-order valence-corrected chi connectivity index (χ4v) is 3.98. The fourth-order valence-electron chi connectivity index (χ4n) is 3.15. The Labute approximate surface area is 155 Å². The smallest absolute Gasteiger partial charge is 0.353 e. The van der Waals surface area contributed by atoms with Crippen molar-refractivity contribution in [3.05, 3.63) is 78.9 Å². The molecule has 5 aromatic rings. The molecule has 2 N–H and O–H groups in total. The second kappa shape index (κ2) is 6.38. The molecule has 0 saturated carbocycles. The third-order valence-electron chi connectivity index (χ3n) is 4.47. The average molecular weight is 372 g/mol. The van der Waals surface area contributed by atoms with Crippen LogP contribution in [0.4, 0.5) is 0 Å². The highest BCUT2D eigenvalue weighted by molar-refractivity contribution is 7.48. The first-order chi connectivity index (χ1) is 13.3. The minimum Gasteiger partial charge on any atom is -0.353 e. The number of nitrogens with one attached hydrogen (secondary N) is 2. The number of aromatic amines is 2. The van der Waals surface area contributed by atoms with E-state index in [1.807, 2.05) is 48.5 Å². The molecule has 0 aliphatic rings. The quantitative estimate of drug-likeness (QED) is 0.428. The van der Waals surface area contributed by atoms with E-state index < -0.39 is 8.03 Å². The summed E-state index contributed by atoms with van der Waals surface area (Å²) in [4.78, 5) is 3.40. The van der Waals surface area contributed by atoms with E-state index in [1.165, 1.54) is 0 Å². The maximum Gasteiger partial charge on any atom is 0.597 e. The van der Waals surface area contributed by atoms with E-state index >= 15 is 0 Å². The SMILES string of the molecule is O=[P+](Oc1ccc2[nH]nc(-c3cc4ccccc4[nH]3)c2c1)c1ccccc1. The van der Waals surface area contributed by atoms with Gasteiger partial charge in [-0.2, -0.15) is 5.10 Å². The molecule has 130 valence electrons. The molecule has 0 spiro atoms. The molecule has 0 aliphatic heterocycles. The van der Waals surface area contributed by atoms with E-state index in [9.17, 15) is 4.57 Å². The molecular weight excluding hydrogens is 357 g/mol. The Bertz CT molecular complexity index is 1240. The topological polar surface area (TPSA) is 70.8 Å². The van der Waals surface area contributed by atoms with Gasteiger partial charge >= 0.3 is 8.03 Å². The number of H-pyrrole nitrogens is 2. The van der Waals surface area contributed by atoms with Crippen LogP contribution in [0.5, 0.6) is 5.75 Å². The van der Waals surface area contributed by atoms with Crippen LogP contribution in [-0.2, 0) is 4.57 Å². The van der Waals surface area contributed by atoms with Crippen molar-refractivity contribution in [1.29, 1.82) is 0 Å². The summed E-state index contributed by atoms with van der Waals surface area (Å²) in [6.45, 7) is 0. The summed E-state index contributed by atoms with van der Waals surface area (Å²) in [7, 11) is -1.96. The lowest BCUT2D eigenvalue weighted by atomic mass is 10.1. The lowest BCUT2D eigenvalue weighted by Gasteiger charge is -1.97. The number of nitrogens with zero attached hydrogens (tertiary/aromatic N) is 1. The third kappa shape index (κ3) is 2.88. The van der Waals surface area contributed by atoms with E-state index in [-0.39, 0.29) is 0 Å². The molecule has 5 nitrogen and oxygen atoms in total. The highest BCUT2D eigenvalue weighted by Crippen LogP contribution is 2.33. The zero-order valence-corrected chi connectivity index (χ0v) is 15.1. The maximum atomic E-state index is 12.5. The van der Waals surface area contributed by atoms with Crippen molar-refractivity contribution in [1.82, 2.24) is 15.2 Å². The molecule has 1 atom stereocenters. The van der Waals surface area contributed by atoms with E-state index in [2.05, 4.69) is 27.3 Å². The standard InChI is InChI=1S/C21H15N3O2P/c25-27(16-7-2-1-3-8-16)26-15-10-11-19-17(13-15)21(24-23-19)20-12-14-6-4-5-9-18(14)22-20/h1-13,22H,(H,23,24)/q+1. The molecule has 0 bridgehead atoms. The normalized spacial score (nSPS) is 11.8. The van der Waals surface area contributed by atoms with Crippen LogP contribution in [0.1, 0.15) is 0 Å². The van der Waals surface area contributed by atoms with Crippen LogP contribution in [0.2, 0.25) is 0 Å². The van der Waals surface area contributed by atoms with E-state index in [1.54, 1.807) is 18.2 Å². The van der Waals surface area contributed by atoms with Gasteiger partial charge in [-0.1, -0.05) is 36.4 Å². The molecule has 0 radical (unpaired) electrons. The van der Waals surface area contributed by atoms with Gasteiger partial charge in [0.25, 0.3) is 0 Å². The summed E-state index contributed by atoms with van der Waals surface area (Å²) in [5, 5.41) is 10.2. The van der Waals surface area contributed by atoms with Gasteiger partial charge in [0, 0.05) is 16.3 Å². The van der Waals surface area contributed by atoms with Crippen LogP contribution in [0.15, 0.2) is 78.9 Å². The summed E-state index contributed by atoms with van der Waals surface area (Å²) < 4.78 is 18.1. The van der Waals surface area contributed by atoms with Gasteiger partial charge in [0.1, 0.15) is 5.69 Å². The number of para-hydroxylation sites is 1. The van der Waals surface area contributed by atoms with Crippen molar-refractivity contribution in [3.63, 3.8) is 0 Å². The number of hydrogen-bond acceptors (Lipinski definition) is 3. The summed E-state index contributed by atoms with van der Waals surface area (Å²) in [6.07, 6.45) is 0. The second-order valence-corrected chi connectivity index (χ2v) is 7.45. The largest absolute Gasteiger partial charge is 0.597 e. The maximum absolute atomic E-state index is 12.5. The van der Waals surface area contributed by atoms with Gasteiger partial charge in [0.2, 0.25) is 5.30 Å². The Morgan fingerprint density at radius 2 is 1.67 bits per heavy atom. The van der Waals surface area contributed by atoms with Gasteiger partial charge in [0.15, 0.2) is 5.75 Å². The number of rotatable bonds is 4. The van der Waals surface area contributed by atoms with Crippen LogP contribution < -0.4 is 9.83 Å². The Balaban J connectivity index is 1.53. The molecule has 0 aliphatic carbocycles. The second-order valence-electron chi connectivity index (χ2n) is 6.23. The van der Waals surface area contributed by atoms with E-state index in [4.69, 9.17) is 4.52 Å². The van der Waals surface area contributed by atoms with Crippen LogP contribution in [-0.4, -0.2) is 15.2 Å². The van der Waals surface area contributed by atoms with Crippen LogP contribution in [0.25, 0.3) is 33.2 Å². The molecule has 6 heteroatoms. The van der Waals surface area contributed by atoms with Gasteiger partial charge in [-0.15, -0.1) is 0 Å². The predicted octanol–water partition coefficient (Wildman–Crippen LogP) is 5.16. The minimum absolute atomic E-state index is 0.547. The van der Waals surface area contributed by atoms with Crippen molar-refractivity contribution in [2.24, 2.45) is 0 Å². The number of hydrogen-bond donors (Lipinski definition) is 2. The van der Waals surface area contributed by atoms with E-state index in [0.717, 1.165) is 33.2 Å². The fraction of sp³-hybridized carbons (Fsp3) is 0. The molecule has 27 heavy (non-hydrogen) atoms. The molecule has 0 saturated heterocycles. The Hall–Kier alpha value is -3.43. The molecule has 2 heterocycles. The molecule has 2 aromatic heterocycles. The van der Waals surface area contributed by atoms with Crippen LogP contribution in [0, 0.1) is 0 Å². The molecule has 3 aromatic carbocycles. The van der Waals surface area contributed by atoms with E-state index in [0.29, 0.717) is 11.1 Å². The summed E-state index contributed by atoms with van der Waals surface area (Å²) in [5.74, 6) is 0.547. The van der Waals surface area contributed by atoms with Crippen molar-refractivity contribution < 1.29 is 9.09 Å².